The Bertz CT molecular complexity index is 351. The summed E-state index contributed by atoms with van der Waals surface area (Å²) >= 11 is 3.33. The highest BCUT2D eigenvalue weighted by Crippen LogP contribution is 2.29. The van der Waals surface area contributed by atoms with E-state index in [4.69, 9.17) is 4.74 Å². The van der Waals surface area contributed by atoms with Crippen LogP contribution >= 0.6 is 15.9 Å². The van der Waals surface area contributed by atoms with Crippen LogP contribution in [-0.2, 0) is 4.79 Å². The molecule has 0 aromatic heterocycles. The predicted molar refractivity (Wildman–Crippen MR) is 52.9 cm³/mol. The van der Waals surface area contributed by atoms with Crippen molar-refractivity contribution in [3.8, 4) is 5.75 Å². The zero-order valence-electron chi connectivity index (χ0n) is 6.84. The van der Waals surface area contributed by atoms with Gasteiger partial charge in [-0.05, 0) is 18.2 Å². The van der Waals surface area contributed by atoms with E-state index in [0.717, 1.165) is 15.9 Å². The number of ether oxygens (including phenoxy) is 1. The summed E-state index contributed by atoms with van der Waals surface area (Å²) in [6.45, 7) is 0.445. The van der Waals surface area contributed by atoms with Crippen molar-refractivity contribution < 1.29 is 9.53 Å². The molecule has 0 fully saturated rings. The van der Waals surface area contributed by atoms with Crippen molar-refractivity contribution in [3.05, 3.63) is 22.7 Å². The number of carbonyl (C=O) groups is 1. The first-order chi connectivity index (χ1) is 6.25. The average molecular weight is 242 g/mol. The predicted octanol–water partition coefficient (Wildman–Crippen LogP) is 2.17. The second kappa shape index (κ2) is 3.38. The van der Waals surface area contributed by atoms with Crippen molar-refractivity contribution in [2.45, 2.75) is 6.42 Å². The summed E-state index contributed by atoms with van der Waals surface area (Å²) in [6, 6.07) is 5.56. The van der Waals surface area contributed by atoms with Gasteiger partial charge in [0.25, 0.3) is 0 Å². The molecule has 0 atom stereocenters. The summed E-state index contributed by atoms with van der Waals surface area (Å²) in [5.74, 6) is 0.728. The molecule has 13 heavy (non-hydrogen) atoms. The third-order valence-electron chi connectivity index (χ3n) is 1.80. The molecule has 0 saturated heterocycles. The molecule has 1 aromatic rings. The van der Waals surface area contributed by atoms with E-state index in [0.29, 0.717) is 13.0 Å². The fraction of sp³-hybridized carbons (Fsp3) is 0.222. The molecule has 0 unspecified atom stereocenters. The molecule has 0 radical (unpaired) electrons. The lowest BCUT2D eigenvalue weighted by Crippen LogP contribution is -2.10. The Morgan fingerprint density at radius 1 is 1.46 bits per heavy atom. The number of hydrogen-bond acceptors (Lipinski definition) is 2. The van der Waals surface area contributed by atoms with Gasteiger partial charge in [0.1, 0.15) is 5.75 Å². The fourth-order valence-corrected chi connectivity index (χ4v) is 1.55. The normalized spacial score (nSPS) is 15.3. The molecule has 4 heteroatoms. The summed E-state index contributed by atoms with van der Waals surface area (Å²) in [4.78, 5) is 11.2. The molecule has 1 amide bonds. The smallest absolute Gasteiger partial charge is 0.227 e. The molecule has 1 aliphatic rings. The molecular weight excluding hydrogens is 234 g/mol. The molecule has 0 aliphatic carbocycles. The lowest BCUT2D eigenvalue weighted by atomic mass is 10.3. The third kappa shape index (κ3) is 1.83. The number of hydrogen-bond donors (Lipinski definition) is 1. The number of halogens is 1. The zero-order chi connectivity index (χ0) is 9.26. The average Bonchev–Trinajstić information content (AvgIpc) is 2.25. The molecule has 1 N–H and O–H groups in total. The minimum Gasteiger partial charge on any atom is -0.491 e. The Labute approximate surface area is 84.2 Å². The highest BCUT2D eigenvalue weighted by Gasteiger charge is 2.13. The summed E-state index contributed by atoms with van der Waals surface area (Å²) in [6.07, 6.45) is 0.409. The first kappa shape index (κ1) is 8.56. The third-order valence-corrected chi connectivity index (χ3v) is 2.30. The minimum absolute atomic E-state index is 0.00292. The minimum atomic E-state index is -0.00292. The monoisotopic (exact) mass is 241 g/mol. The topological polar surface area (TPSA) is 38.3 Å². The number of amides is 1. The lowest BCUT2D eigenvalue weighted by molar-refractivity contribution is -0.116. The summed E-state index contributed by atoms with van der Waals surface area (Å²) in [5, 5.41) is 2.77. The van der Waals surface area contributed by atoms with Crippen LogP contribution in [0.4, 0.5) is 5.69 Å². The first-order valence-electron chi connectivity index (χ1n) is 3.98. The van der Waals surface area contributed by atoms with E-state index < -0.39 is 0 Å². The van der Waals surface area contributed by atoms with E-state index in [1.807, 2.05) is 18.2 Å². The van der Waals surface area contributed by atoms with Crippen molar-refractivity contribution in [2.75, 3.05) is 11.9 Å². The number of fused-ring (bicyclic) bond motifs is 1. The molecule has 2 rings (SSSR count). The fourth-order valence-electron chi connectivity index (χ4n) is 1.19. The largest absolute Gasteiger partial charge is 0.491 e. The van der Waals surface area contributed by atoms with Gasteiger partial charge in [-0.1, -0.05) is 15.9 Å². The van der Waals surface area contributed by atoms with Gasteiger partial charge in [0, 0.05) is 4.47 Å². The molecule has 1 aliphatic heterocycles. The van der Waals surface area contributed by atoms with E-state index >= 15 is 0 Å². The van der Waals surface area contributed by atoms with Gasteiger partial charge in [0.2, 0.25) is 5.91 Å². The number of carbonyl (C=O) groups excluding carboxylic acids is 1. The van der Waals surface area contributed by atoms with Crippen LogP contribution in [0.5, 0.6) is 5.75 Å². The molecule has 0 bridgehead atoms. The van der Waals surface area contributed by atoms with E-state index in [9.17, 15) is 4.79 Å². The summed E-state index contributed by atoms with van der Waals surface area (Å²) in [5.41, 5.74) is 0.733. The maximum Gasteiger partial charge on any atom is 0.227 e. The van der Waals surface area contributed by atoms with E-state index in [1.54, 1.807) is 0 Å². The van der Waals surface area contributed by atoms with Crippen LogP contribution < -0.4 is 10.1 Å². The van der Waals surface area contributed by atoms with Crippen LogP contribution in [0, 0.1) is 0 Å². The molecule has 0 spiro atoms. The second-order valence-corrected chi connectivity index (χ2v) is 3.70. The van der Waals surface area contributed by atoms with Gasteiger partial charge < -0.3 is 10.1 Å². The van der Waals surface area contributed by atoms with Gasteiger partial charge in [0.15, 0.2) is 0 Å². The van der Waals surface area contributed by atoms with Gasteiger partial charge in [0.05, 0.1) is 18.7 Å². The second-order valence-electron chi connectivity index (χ2n) is 2.79. The van der Waals surface area contributed by atoms with Crippen molar-refractivity contribution in [3.63, 3.8) is 0 Å². The summed E-state index contributed by atoms with van der Waals surface area (Å²) in [7, 11) is 0. The maximum absolute atomic E-state index is 11.2. The Balaban J connectivity index is 2.40. The van der Waals surface area contributed by atoms with Gasteiger partial charge in [-0.25, -0.2) is 0 Å². The van der Waals surface area contributed by atoms with Crippen molar-refractivity contribution in [1.29, 1.82) is 0 Å². The molecule has 1 aromatic carbocycles. The van der Waals surface area contributed by atoms with Gasteiger partial charge in [-0.3, -0.25) is 4.79 Å². The number of rotatable bonds is 0. The molecule has 1 heterocycles. The van der Waals surface area contributed by atoms with Crippen LogP contribution in [0.1, 0.15) is 6.42 Å². The Hall–Kier alpha value is -1.03. The number of anilines is 1. The highest BCUT2D eigenvalue weighted by atomic mass is 79.9. The van der Waals surface area contributed by atoms with Gasteiger partial charge >= 0.3 is 0 Å². The van der Waals surface area contributed by atoms with Gasteiger partial charge in [-0.15, -0.1) is 0 Å². The van der Waals surface area contributed by atoms with Crippen LogP contribution in [0.3, 0.4) is 0 Å². The molecular formula is C9H8BrNO2. The van der Waals surface area contributed by atoms with E-state index in [-0.39, 0.29) is 5.91 Å². The quantitative estimate of drug-likeness (QED) is 0.757. The van der Waals surface area contributed by atoms with Gasteiger partial charge in [-0.2, -0.15) is 0 Å². The van der Waals surface area contributed by atoms with Crippen molar-refractivity contribution in [2.24, 2.45) is 0 Å². The SMILES string of the molecule is O=C1CCOc2ccc(Br)cc2N1. The Kier molecular flexibility index (Phi) is 2.22. The van der Waals surface area contributed by atoms with Crippen LogP contribution in [0.15, 0.2) is 22.7 Å². The van der Waals surface area contributed by atoms with Crippen molar-refractivity contribution in [1.82, 2.24) is 0 Å². The Morgan fingerprint density at radius 2 is 2.31 bits per heavy atom. The standard InChI is InChI=1S/C9H8BrNO2/c10-6-1-2-8-7(5-6)11-9(12)3-4-13-8/h1-2,5H,3-4H2,(H,11,12). The Morgan fingerprint density at radius 3 is 3.15 bits per heavy atom. The van der Waals surface area contributed by atoms with Crippen LogP contribution in [-0.4, -0.2) is 12.5 Å². The molecule has 0 saturated carbocycles. The first-order valence-corrected chi connectivity index (χ1v) is 4.77. The molecule has 68 valence electrons. The van der Waals surface area contributed by atoms with Crippen molar-refractivity contribution >= 4 is 27.5 Å². The molecule has 3 nitrogen and oxygen atoms in total. The van der Waals surface area contributed by atoms with Crippen LogP contribution in [0.25, 0.3) is 0 Å². The van der Waals surface area contributed by atoms with E-state index in [2.05, 4.69) is 21.2 Å². The summed E-state index contributed by atoms with van der Waals surface area (Å²) < 4.78 is 6.30. The van der Waals surface area contributed by atoms with E-state index in [1.165, 1.54) is 0 Å². The zero-order valence-corrected chi connectivity index (χ0v) is 8.43. The van der Waals surface area contributed by atoms with Crippen LogP contribution in [0.2, 0.25) is 0 Å². The lowest BCUT2D eigenvalue weighted by Gasteiger charge is -2.06. The number of benzene rings is 1. The highest BCUT2D eigenvalue weighted by molar-refractivity contribution is 9.10. The number of nitrogens with one attached hydrogen (secondary N) is 1. The maximum atomic E-state index is 11.2.